The molecule has 144 valence electrons. The Morgan fingerprint density at radius 1 is 1.23 bits per heavy atom. The minimum atomic E-state index is -1.23. The van der Waals surface area contributed by atoms with Gasteiger partial charge >= 0.3 is 6.03 Å². The van der Waals surface area contributed by atoms with Crippen LogP contribution in [0.25, 0.3) is 0 Å². The Morgan fingerprint density at radius 2 is 1.92 bits per heavy atom. The Labute approximate surface area is 150 Å². The number of benzene rings is 1. The van der Waals surface area contributed by atoms with Crippen molar-refractivity contribution in [1.29, 1.82) is 0 Å². The third-order valence-corrected chi connectivity index (χ3v) is 3.84. The molecular weight excluding hydrogens is 345 g/mol. The summed E-state index contributed by atoms with van der Waals surface area (Å²) in [6.45, 7) is 3.53. The van der Waals surface area contributed by atoms with Crippen LogP contribution in [0.4, 0.5) is 14.9 Å². The van der Waals surface area contributed by atoms with Gasteiger partial charge < -0.3 is 30.9 Å². The number of aliphatic hydroxyl groups excluding tert-OH is 2. The van der Waals surface area contributed by atoms with Gasteiger partial charge in [0.15, 0.2) is 0 Å². The van der Waals surface area contributed by atoms with E-state index in [0.717, 1.165) is 6.07 Å². The number of hydrogen-bond donors (Lipinski definition) is 5. The highest BCUT2D eigenvalue weighted by Crippen LogP contribution is 2.23. The van der Waals surface area contributed by atoms with Gasteiger partial charge in [-0.2, -0.15) is 0 Å². The van der Waals surface area contributed by atoms with Crippen LogP contribution >= 0.6 is 0 Å². The Hall–Kier alpha value is -2.23. The average molecular weight is 369 g/mol. The van der Waals surface area contributed by atoms with Gasteiger partial charge in [0.1, 0.15) is 24.1 Å². The monoisotopic (exact) mass is 369 g/mol. The predicted molar refractivity (Wildman–Crippen MR) is 92.0 cm³/mol. The fraction of sp³-hybridized carbons (Fsp3) is 0.529. The molecule has 1 fully saturated rings. The van der Waals surface area contributed by atoms with E-state index in [1.807, 2.05) is 13.8 Å². The number of amides is 3. The fourth-order valence-electron chi connectivity index (χ4n) is 2.66. The molecule has 0 spiro atoms. The largest absolute Gasteiger partial charge is 0.388 e. The summed E-state index contributed by atoms with van der Waals surface area (Å²) in [4.78, 5) is 23.6. The maximum Gasteiger partial charge on any atom is 0.319 e. The number of nitrogens with one attached hydrogen (secondary N) is 3. The molecule has 0 saturated carbocycles. The SMILES string of the molecule is CC(C)NC(=O)C[C@H]1O[C@H](CNC(=O)Nc2cccc(F)c2)[C@@H](O)[C@H]1O. The molecule has 5 N–H and O–H groups in total. The number of carbonyl (C=O) groups is 2. The molecule has 3 amide bonds. The van der Waals surface area contributed by atoms with Gasteiger partial charge in [0.25, 0.3) is 0 Å². The lowest BCUT2D eigenvalue weighted by Gasteiger charge is -2.16. The van der Waals surface area contributed by atoms with E-state index in [2.05, 4.69) is 16.0 Å². The number of aliphatic hydroxyl groups is 2. The molecular formula is C17H24FN3O5. The van der Waals surface area contributed by atoms with Crippen molar-refractivity contribution in [3.05, 3.63) is 30.1 Å². The van der Waals surface area contributed by atoms with Gasteiger partial charge in [0, 0.05) is 18.3 Å². The molecule has 0 aliphatic carbocycles. The summed E-state index contributed by atoms with van der Waals surface area (Å²) in [7, 11) is 0. The molecule has 0 aromatic heterocycles. The van der Waals surface area contributed by atoms with Crippen molar-refractivity contribution in [1.82, 2.24) is 10.6 Å². The van der Waals surface area contributed by atoms with Gasteiger partial charge in [0.2, 0.25) is 5.91 Å². The van der Waals surface area contributed by atoms with Crippen LogP contribution in [0.1, 0.15) is 20.3 Å². The molecule has 1 aromatic carbocycles. The first-order valence-electron chi connectivity index (χ1n) is 8.37. The lowest BCUT2D eigenvalue weighted by molar-refractivity contribution is -0.125. The van der Waals surface area contributed by atoms with Crippen molar-refractivity contribution in [2.45, 2.75) is 50.7 Å². The first kappa shape index (κ1) is 20.1. The molecule has 26 heavy (non-hydrogen) atoms. The zero-order chi connectivity index (χ0) is 19.3. The number of hydrogen-bond acceptors (Lipinski definition) is 5. The maximum atomic E-state index is 13.1. The first-order chi connectivity index (χ1) is 12.3. The van der Waals surface area contributed by atoms with E-state index >= 15 is 0 Å². The topological polar surface area (TPSA) is 120 Å². The molecule has 1 aromatic rings. The molecule has 8 nitrogen and oxygen atoms in total. The second kappa shape index (κ2) is 8.93. The highest BCUT2D eigenvalue weighted by molar-refractivity contribution is 5.89. The van der Waals surface area contributed by atoms with E-state index in [4.69, 9.17) is 4.74 Å². The van der Waals surface area contributed by atoms with Crippen molar-refractivity contribution in [3.63, 3.8) is 0 Å². The number of urea groups is 1. The third kappa shape index (κ3) is 5.65. The van der Waals surface area contributed by atoms with Gasteiger partial charge in [-0.15, -0.1) is 0 Å². The van der Waals surface area contributed by atoms with E-state index in [1.165, 1.54) is 18.2 Å². The van der Waals surface area contributed by atoms with Crippen LogP contribution in [0.5, 0.6) is 0 Å². The average Bonchev–Trinajstić information content (AvgIpc) is 2.80. The Morgan fingerprint density at radius 3 is 2.58 bits per heavy atom. The predicted octanol–water partition coefficient (Wildman–Crippen LogP) is 0.351. The number of halogens is 1. The minimum absolute atomic E-state index is 0.0463. The summed E-state index contributed by atoms with van der Waals surface area (Å²) in [5.74, 6) is -0.781. The molecule has 9 heteroatoms. The van der Waals surface area contributed by atoms with Crippen molar-refractivity contribution >= 4 is 17.6 Å². The van der Waals surface area contributed by atoms with Gasteiger partial charge in [-0.1, -0.05) is 6.07 Å². The standard InChI is InChI=1S/C17H24FN3O5/c1-9(2)20-14(22)7-12-15(23)16(24)13(26-12)8-19-17(25)21-11-5-3-4-10(18)6-11/h3-6,9,12-13,15-16,23-24H,7-8H2,1-2H3,(H,20,22)(H2,19,21,25)/t12-,13-,15+,16-/m1/s1. The normalized spacial score (nSPS) is 25.2. The van der Waals surface area contributed by atoms with Gasteiger partial charge in [0.05, 0.1) is 12.5 Å². The minimum Gasteiger partial charge on any atom is -0.388 e. The highest BCUT2D eigenvalue weighted by Gasteiger charge is 2.43. The van der Waals surface area contributed by atoms with Gasteiger partial charge in [-0.3, -0.25) is 4.79 Å². The van der Waals surface area contributed by atoms with Crippen LogP contribution in [-0.4, -0.2) is 59.2 Å². The summed E-state index contributed by atoms with van der Waals surface area (Å²) in [5, 5.41) is 27.7. The van der Waals surface area contributed by atoms with E-state index < -0.39 is 36.3 Å². The molecule has 1 aliphatic rings. The van der Waals surface area contributed by atoms with E-state index in [9.17, 15) is 24.2 Å². The van der Waals surface area contributed by atoms with Crippen molar-refractivity contribution < 1.29 is 28.9 Å². The zero-order valence-corrected chi connectivity index (χ0v) is 14.6. The Kier molecular flexibility index (Phi) is 6.90. The summed E-state index contributed by atoms with van der Waals surface area (Å²) in [6.07, 6.45) is -4.28. The number of ether oxygens (including phenoxy) is 1. The lowest BCUT2D eigenvalue weighted by Crippen LogP contribution is -2.41. The maximum absolute atomic E-state index is 13.1. The fourth-order valence-corrected chi connectivity index (χ4v) is 2.66. The highest BCUT2D eigenvalue weighted by atomic mass is 19.1. The molecule has 1 saturated heterocycles. The van der Waals surface area contributed by atoms with E-state index in [-0.39, 0.29) is 30.6 Å². The van der Waals surface area contributed by atoms with Crippen molar-refractivity contribution in [2.24, 2.45) is 0 Å². The molecule has 4 atom stereocenters. The summed E-state index contributed by atoms with van der Waals surface area (Å²) < 4.78 is 18.6. The number of carbonyl (C=O) groups excluding carboxylic acids is 2. The number of anilines is 1. The molecule has 1 heterocycles. The van der Waals surface area contributed by atoms with Crippen LogP contribution in [0, 0.1) is 5.82 Å². The summed E-state index contributed by atoms with van der Waals surface area (Å²) >= 11 is 0. The van der Waals surface area contributed by atoms with Crippen LogP contribution in [-0.2, 0) is 9.53 Å². The van der Waals surface area contributed by atoms with Crippen LogP contribution in [0.2, 0.25) is 0 Å². The molecule has 0 unspecified atom stereocenters. The second-order valence-corrected chi connectivity index (χ2v) is 6.47. The van der Waals surface area contributed by atoms with E-state index in [0.29, 0.717) is 0 Å². The lowest BCUT2D eigenvalue weighted by atomic mass is 10.1. The van der Waals surface area contributed by atoms with Crippen molar-refractivity contribution in [3.8, 4) is 0 Å². The number of rotatable bonds is 6. The summed E-state index contributed by atoms with van der Waals surface area (Å²) in [6, 6.07) is 4.74. The van der Waals surface area contributed by atoms with Gasteiger partial charge in [-0.25, -0.2) is 9.18 Å². The quantitative estimate of drug-likeness (QED) is 0.496. The van der Waals surface area contributed by atoms with Crippen LogP contribution in [0.3, 0.4) is 0 Å². The molecule has 0 bridgehead atoms. The summed E-state index contributed by atoms with van der Waals surface area (Å²) in [5.41, 5.74) is 0.277. The Balaban J connectivity index is 1.81. The third-order valence-electron chi connectivity index (χ3n) is 3.84. The van der Waals surface area contributed by atoms with Gasteiger partial charge in [-0.05, 0) is 32.0 Å². The van der Waals surface area contributed by atoms with Crippen LogP contribution < -0.4 is 16.0 Å². The van der Waals surface area contributed by atoms with E-state index in [1.54, 1.807) is 0 Å². The molecule has 2 rings (SSSR count). The van der Waals surface area contributed by atoms with Crippen LogP contribution in [0.15, 0.2) is 24.3 Å². The molecule has 0 radical (unpaired) electrons. The first-order valence-corrected chi connectivity index (χ1v) is 8.37. The zero-order valence-electron chi connectivity index (χ0n) is 14.6. The Bertz CT molecular complexity index is 643. The molecule has 1 aliphatic heterocycles. The smallest absolute Gasteiger partial charge is 0.319 e. The second-order valence-electron chi connectivity index (χ2n) is 6.47. The van der Waals surface area contributed by atoms with Crippen molar-refractivity contribution in [2.75, 3.05) is 11.9 Å².